The second kappa shape index (κ2) is 7.23. The highest BCUT2D eigenvalue weighted by molar-refractivity contribution is 5.95. The third kappa shape index (κ3) is 3.45. The van der Waals surface area contributed by atoms with Crippen molar-refractivity contribution in [2.45, 2.75) is 19.9 Å². The summed E-state index contributed by atoms with van der Waals surface area (Å²) in [5.41, 5.74) is 0.775. The van der Waals surface area contributed by atoms with E-state index in [-0.39, 0.29) is 23.3 Å². The van der Waals surface area contributed by atoms with Gasteiger partial charge < -0.3 is 9.80 Å². The van der Waals surface area contributed by atoms with Crippen LogP contribution in [0.1, 0.15) is 34.6 Å². The SMILES string of the molecule is CC(=O)c1ccc(N2CCN(C(=O)c3ccccc3F)C(C)C2)c(F)c1. The van der Waals surface area contributed by atoms with E-state index >= 15 is 0 Å². The summed E-state index contributed by atoms with van der Waals surface area (Å²) >= 11 is 0. The van der Waals surface area contributed by atoms with Gasteiger partial charge in [0.05, 0.1) is 11.3 Å². The van der Waals surface area contributed by atoms with Gasteiger partial charge in [0.25, 0.3) is 5.91 Å². The number of rotatable bonds is 3. The van der Waals surface area contributed by atoms with Gasteiger partial charge in [-0.2, -0.15) is 0 Å². The van der Waals surface area contributed by atoms with Gasteiger partial charge >= 0.3 is 0 Å². The molecule has 1 aliphatic rings. The zero-order valence-corrected chi connectivity index (χ0v) is 14.7. The summed E-state index contributed by atoms with van der Waals surface area (Å²) in [6.07, 6.45) is 0. The van der Waals surface area contributed by atoms with Crippen molar-refractivity contribution in [2.24, 2.45) is 0 Å². The number of benzene rings is 2. The maximum Gasteiger partial charge on any atom is 0.257 e. The van der Waals surface area contributed by atoms with Gasteiger partial charge in [-0.05, 0) is 44.2 Å². The van der Waals surface area contributed by atoms with Crippen LogP contribution in [-0.4, -0.2) is 42.3 Å². The standard InChI is InChI=1S/C20H20F2N2O2/c1-13-12-23(19-8-7-15(14(2)25)11-18(19)22)9-10-24(13)20(26)16-5-3-4-6-17(16)21/h3-8,11,13H,9-10,12H2,1-2H3. The van der Waals surface area contributed by atoms with Gasteiger partial charge in [0, 0.05) is 31.2 Å². The van der Waals surface area contributed by atoms with Crippen molar-refractivity contribution in [1.29, 1.82) is 0 Å². The number of amides is 1. The number of hydrogen-bond donors (Lipinski definition) is 0. The van der Waals surface area contributed by atoms with Crippen LogP contribution in [0.2, 0.25) is 0 Å². The predicted molar refractivity (Wildman–Crippen MR) is 95.5 cm³/mol. The number of piperazine rings is 1. The fourth-order valence-electron chi connectivity index (χ4n) is 3.25. The Morgan fingerprint density at radius 3 is 2.38 bits per heavy atom. The molecule has 2 aromatic carbocycles. The molecule has 0 aromatic heterocycles. The number of Topliss-reactive ketones (excluding diaryl/α,β-unsaturated/α-hetero) is 1. The van der Waals surface area contributed by atoms with Gasteiger partial charge in [-0.25, -0.2) is 8.78 Å². The van der Waals surface area contributed by atoms with Crippen molar-refractivity contribution in [1.82, 2.24) is 4.90 Å². The van der Waals surface area contributed by atoms with Crippen molar-refractivity contribution in [2.75, 3.05) is 24.5 Å². The zero-order valence-electron chi connectivity index (χ0n) is 14.7. The van der Waals surface area contributed by atoms with Crippen molar-refractivity contribution < 1.29 is 18.4 Å². The Morgan fingerprint density at radius 2 is 1.77 bits per heavy atom. The fourth-order valence-corrected chi connectivity index (χ4v) is 3.25. The van der Waals surface area contributed by atoms with Crippen LogP contribution in [0.15, 0.2) is 42.5 Å². The predicted octanol–water partition coefficient (Wildman–Crippen LogP) is 3.52. The van der Waals surface area contributed by atoms with Crippen LogP contribution in [0.3, 0.4) is 0 Å². The molecule has 1 unspecified atom stereocenters. The smallest absolute Gasteiger partial charge is 0.257 e. The molecule has 3 rings (SSSR count). The summed E-state index contributed by atoms with van der Waals surface area (Å²) in [6.45, 7) is 4.47. The summed E-state index contributed by atoms with van der Waals surface area (Å²) in [7, 11) is 0. The van der Waals surface area contributed by atoms with Gasteiger partial charge in [0.2, 0.25) is 0 Å². The Labute approximate surface area is 151 Å². The lowest BCUT2D eigenvalue weighted by molar-refractivity contribution is 0.0669. The normalized spacial score (nSPS) is 17.3. The van der Waals surface area contributed by atoms with Crippen LogP contribution >= 0.6 is 0 Å². The van der Waals surface area contributed by atoms with E-state index in [4.69, 9.17) is 0 Å². The first-order chi connectivity index (χ1) is 12.4. The first-order valence-corrected chi connectivity index (χ1v) is 8.49. The maximum absolute atomic E-state index is 14.4. The Morgan fingerprint density at radius 1 is 1.04 bits per heavy atom. The average molecular weight is 358 g/mol. The monoisotopic (exact) mass is 358 g/mol. The summed E-state index contributed by atoms with van der Waals surface area (Å²) in [6, 6.07) is 10.1. The number of anilines is 1. The highest BCUT2D eigenvalue weighted by Gasteiger charge is 2.30. The van der Waals surface area contributed by atoms with Gasteiger partial charge in [-0.15, -0.1) is 0 Å². The minimum absolute atomic E-state index is 0.0461. The number of ketones is 1. The van der Waals surface area contributed by atoms with E-state index in [0.29, 0.717) is 30.9 Å². The van der Waals surface area contributed by atoms with E-state index in [0.717, 1.165) is 0 Å². The van der Waals surface area contributed by atoms with E-state index in [1.54, 1.807) is 29.2 Å². The van der Waals surface area contributed by atoms with Crippen molar-refractivity contribution >= 4 is 17.4 Å². The number of nitrogens with zero attached hydrogens (tertiary/aromatic N) is 2. The quantitative estimate of drug-likeness (QED) is 0.789. The first-order valence-electron chi connectivity index (χ1n) is 8.49. The van der Waals surface area contributed by atoms with E-state index in [9.17, 15) is 18.4 Å². The second-order valence-corrected chi connectivity index (χ2v) is 6.50. The number of carbonyl (C=O) groups excluding carboxylic acids is 2. The van der Waals surface area contributed by atoms with E-state index < -0.39 is 11.6 Å². The molecule has 0 N–H and O–H groups in total. The molecule has 1 heterocycles. The summed E-state index contributed by atoms with van der Waals surface area (Å²) in [5.74, 6) is -1.55. The van der Waals surface area contributed by atoms with Crippen LogP contribution in [0, 0.1) is 11.6 Å². The molecule has 0 aliphatic carbocycles. The lowest BCUT2D eigenvalue weighted by Crippen LogP contribution is -2.54. The molecule has 4 nitrogen and oxygen atoms in total. The van der Waals surface area contributed by atoms with Crippen molar-refractivity contribution in [3.8, 4) is 0 Å². The molecule has 1 atom stereocenters. The molecule has 1 aliphatic heterocycles. The highest BCUT2D eigenvalue weighted by atomic mass is 19.1. The van der Waals surface area contributed by atoms with Crippen LogP contribution in [0.5, 0.6) is 0 Å². The third-order valence-electron chi connectivity index (χ3n) is 4.69. The Kier molecular flexibility index (Phi) is 5.02. The minimum Gasteiger partial charge on any atom is -0.365 e. The minimum atomic E-state index is -0.544. The molecule has 0 spiro atoms. The van der Waals surface area contributed by atoms with Crippen LogP contribution in [0.4, 0.5) is 14.5 Å². The Hall–Kier alpha value is -2.76. The largest absolute Gasteiger partial charge is 0.365 e. The third-order valence-corrected chi connectivity index (χ3v) is 4.69. The summed E-state index contributed by atoms with van der Waals surface area (Å²) in [5, 5.41) is 0. The number of carbonyl (C=O) groups is 2. The fraction of sp³-hybridized carbons (Fsp3) is 0.300. The molecule has 26 heavy (non-hydrogen) atoms. The number of halogens is 2. The molecule has 0 bridgehead atoms. The lowest BCUT2D eigenvalue weighted by atomic mass is 10.1. The molecule has 1 fully saturated rings. The molecule has 1 saturated heterocycles. The maximum atomic E-state index is 14.4. The molecule has 0 saturated carbocycles. The Bertz CT molecular complexity index is 853. The van der Waals surface area contributed by atoms with E-state index in [2.05, 4.69) is 0 Å². The van der Waals surface area contributed by atoms with Gasteiger partial charge in [-0.1, -0.05) is 12.1 Å². The molecule has 0 radical (unpaired) electrons. The first kappa shape index (κ1) is 18.0. The average Bonchev–Trinajstić information content (AvgIpc) is 2.61. The molecule has 1 amide bonds. The van der Waals surface area contributed by atoms with Crippen molar-refractivity contribution in [3.05, 3.63) is 65.2 Å². The zero-order chi connectivity index (χ0) is 18.8. The molecule has 136 valence electrons. The summed E-state index contributed by atoms with van der Waals surface area (Å²) < 4.78 is 28.3. The van der Waals surface area contributed by atoms with Crippen LogP contribution in [0.25, 0.3) is 0 Å². The lowest BCUT2D eigenvalue weighted by Gasteiger charge is -2.41. The van der Waals surface area contributed by atoms with Crippen LogP contribution in [-0.2, 0) is 0 Å². The van der Waals surface area contributed by atoms with E-state index in [1.807, 2.05) is 11.8 Å². The number of hydrogen-bond acceptors (Lipinski definition) is 3. The summed E-state index contributed by atoms with van der Waals surface area (Å²) in [4.78, 5) is 27.4. The van der Waals surface area contributed by atoms with Crippen LogP contribution < -0.4 is 4.90 Å². The van der Waals surface area contributed by atoms with Gasteiger partial charge in [0.15, 0.2) is 5.78 Å². The van der Waals surface area contributed by atoms with Crippen molar-refractivity contribution in [3.63, 3.8) is 0 Å². The van der Waals surface area contributed by atoms with E-state index in [1.165, 1.54) is 25.1 Å². The highest BCUT2D eigenvalue weighted by Crippen LogP contribution is 2.25. The molecular formula is C20H20F2N2O2. The Balaban J connectivity index is 1.76. The second-order valence-electron chi connectivity index (χ2n) is 6.50. The molecule has 6 heteroatoms. The molecular weight excluding hydrogens is 338 g/mol. The van der Waals surface area contributed by atoms with Gasteiger partial charge in [-0.3, -0.25) is 9.59 Å². The molecule has 2 aromatic rings. The van der Waals surface area contributed by atoms with Gasteiger partial charge in [0.1, 0.15) is 11.6 Å². The topological polar surface area (TPSA) is 40.6 Å².